The number of nitrogens with two attached hydrogens (primary N) is 4. The first-order valence-corrected chi connectivity index (χ1v) is 49.2. The van der Waals surface area contributed by atoms with E-state index in [0.29, 0.717) is 110 Å². The molecule has 25 heteroatoms. The molecule has 0 fully saturated rings. The Balaban J connectivity index is -0.00000133. The van der Waals surface area contributed by atoms with E-state index in [0.717, 1.165) is 82.6 Å². The maximum absolute atomic E-state index is 12.3. The van der Waals surface area contributed by atoms with Crippen molar-refractivity contribution in [1.82, 2.24) is 0 Å². The summed E-state index contributed by atoms with van der Waals surface area (Å²) >= 11 is 31.7. The molecule has 7 aromatic rings. The number of esters is 2. The van der Waals surface area contributed by atoms with Gasteiger partial charge in [0, 0.05) is 56.8 Å². The topological polar surface area (TPSA) is 224 Å². The number of carbonyl (C=O) groups is 3. The zero-order chi connectivity index (χ0) is 95.8. The zero-order valence-electron chi connectivity index (χ0n) is 75.6. The Kier molecular flexibility index (Phi) is 54.6. The molecule has 650 valence electrons. The molecule has 0 aliphatic rings. The molecule has 7 rings (SSSR count). The van der Waals surface area contributed by atoms with Gasteiger partial charge < -0.3 is 37.5 Å². The molecule has 0 unspecified atom stereocenters. The van der Waals surface area contributed by atoms with Crippen LogP contribution in [0.1, 0.15) is 294 Å². The van der Waals surface area contributed by atoms with E-state index in [1.807, 2.05) is 118 Å². The fourth-order valence-corrected chi connectivity index (χ4v) is 15.1. The molecular formula is C97H120Br4Cl3N11O6Zn. The van der Waals surface area contributed by atoms with Crippen LogP contribution in [0, 0.1) is 52.9 Å². The van der Waals surface area contributed by atoms with Crippen LogP contribution in [0.2, 0.25) is 15.1 Å². The van der Waals surface area contributed by atoms with Gasteiger partial charge in [-0.15, -0.1) is 6.58 Å². The summed E-state index contributed by atoms with van der Waals surface area (Å²) in [5, 5.41) is 10.3. The van der Waals surface area contributed by atoms with Gasteiger partial charge in [-0.25, -0.2) is 33.9 Å². The molecule has 0 saturated carbocycles. The Hall–Kier alpha value is -8.92. The Bertz CT molecular complexity index is 5020. The SMILES string of the molecule is C=C(C)C.[C-]#[N+]c1c(Cl)cc(Br)c(N)c1Br.[C-]#[N+]c1c(Cl)cc(C(=C)C)c(N)c1C(=C)C.[C-]#[N+]c1cc(N)ccc1Cl.[C-]#[N+]c1ccc(C(C)C)c(Br)c1C(C)C.[C-]#[N+]c1ccc(C(C)C)c(CC(=O)O)c1C(C)C.[C-]#[N+]c1ccc(C(C)C)c(CC(=O)OC(C)(C)C)c1C(C)C.[C-]#[N+]c1ccc(C(C)C)c(N)c1C(C)C.[CH2-]C(=O)OC(C)(C)C.[Zn+][Br]. The molecule has 0 spiro atoms. The van der Waals surface area contributed by atoms with Crippen molar-refractivity contribution in [2.24, 2.45) is 0 Å². The van der Waals surface area contributed by atoms with Crippen molar-refractivity contribution in [2.75, 3.05) is 22.9 Å². The molecule has 122 heavy (non-hydrogen) atoms. The first kappa shape index (κ1) is 117. The number of ether oxygens (including phenoxy) is 2. The number of nitrogen functional groups attached to an aromatic ring is 4. The predicted molar refractivity (Wildman–Crippen MR) is 528 cm³/mol. The van der Waals surface area contributed by atoms with Crippen LogP contribution in [-0.4, -0.2) is 34.2 Å². The number of rotatable bonds is 14. The third kappa shape index (κ3) is 39.7. The van der Waals surface area contributed by atoms with Crippen LogP contribution < -0.4 is 22.9 Å². The molecule has 17 nitrogen and oxygen atoms in total. The van der Waals surface area contributed by atoms with Crippen LogP contribution >= 0.6 is 96.2 Å². The van der Waals surface area contributed by atoms with Crippen molar-refractivity contribution >= 4 is 188 Å². The number of benzene rings is 7. The molecule has 0 aliphatic carbocycles. The number of hydrogen-bond acceptors (Lipinski definition) is 9. The summed E-state index contributed by atoms with van der Waals surface area (Å²) in [6.07, 6.45) is 0.214. The monoisotopic (exact) mass is 2020 g/mol. The van der Waals surface area contributed by atoms with Gasteiger partial charge in [0.25, 0.3) is 0 Å². The van der Waals surface area contributed by atoms with Crippen molar-refractivity contribution in [1.29, 1.82) is 0 Å². The van der Waals surface area contributed by atoms with Gasteiger partial charge in [0.2, 0.25) is 17.1 Å². The van der Waals surface area contributed by atoms with E-state index in [1.54, 1.807) is 58.0 Å². The van der Waals surface area contributed by atoms with E-state index in [1.165, 1.54) is 27.5 Å². The Labute approximate surface area is 786 Å². The molecule has 0 amide bonds. The van der Waals surface area contributed by atoms with Crippen LogP contribution in [0.3, 0.4) is 0 Å². The van der Waals surface area contributed by atoms with E-state index in [9.17, 15) is 14.4 Å². The number of allylic oxidation sites excluding steroid dienone is 3. The van der Waals surface area contributed by atoms with Crippen LogP contribution in [-0.2, 0) is 53.0 Å². The summed E-state index contributed by atoms with van der Waals surface area (Å²) in [5.74, 6) is 0.916. The number of hydrogen-bond donors (Lipinski definition) is 5. The second-order valence-corrected chi connectivity index (χ2v) is 36.1. The number of nitrogens with zero attached hydrogens (tertiary/aromatic N) is 7. The molecule has 0 saturated heterocycles. The van der Waals surface area contributed by atoms with Crippen molar-refractivity contribution in [3.05, 3.63) is 286 Å². The van der Waals surface area contributed by atoms with Gasteiger partial charge in [-0.05, 0) is 224 Å². The molecule has 0 radical (unpaired) electrons. The standard InChI is InChI=1S/C19H27NO2.C15H19NO2.C13H16BrN.C13H13ClN2.C13H18N2.C7H3Br2ClN2.C7H5ClN2.C6H11O2.C4H8.BrH.Zn/c1-12(2)14-9-10-16(20-8)18(13(3)4)15(14)11-17(21)22-19(5,6)7;1-9(2)11-6-7-13(16-5)15(10(3)4)12(11)8-14(17)18;1-8(2)10-6-7-11(15-5)12(9(3)4)13(10)14;1-7(2)9-6-10(14)13(16-5)11(8(3)4)12(9)15;1-8(2)10-6-7-11(15-5)12(9(3)4)13(10)14;1-12-7-4(10)2-3(8)6(11)5(7)9;1-10-7-4-5(9)2-3-6(7)8;1-5(7)8-6(2,3)4;1-4(2)3;;/h9-10,12-13H,11H2,1-7H3;6-7,9-10H,8H2,1-4H3,(H,17,18);6-9H,1-4H3;6H,1,3,15H2,2,4H3;6-9H,14H2,1-4H3;2H,11H2;2-4H,9H2;1H2,2-4H3;1H2,2-3H3;1H;/q;;;;;;;-1;;;+2/p-1. The van der Waals surface area contributed by atoms with E-state index < -0.39 is 23.1 Å². The number of carbonyl (C=O) groups excluding carboxylic acids is 2. The van der Waals surface area contributed by atoms with E-state index in [-0.39, 0.29) is 36.6 Å². The average Bonchev–Trinajstić information content (AvgIpc) is 0.787. The van der Waals surface area contributed by atoms with Crippen molar-refractivity contribution in [2.45, 2.75) is 251 Å². The molecule has 0 aliphatic heterocycles. The molecular weight excluding hydrogens is 1910 g/mol. The first-order chi connectivity index (χ1) is 56.3. The van der Waals surface area contributed by atoms with Crippen molar-refractivity contribution < 1.29 is 45.3 Å². The third-order valence-corrected chi connectivity index (χ3v) is 19.9. The van der Waals surface area contributed by atoms with Crippen LogP contribution in [0.25, 0.3) is 45.1 Å². The fraction of sp³-hybridized carbons (Fsp3) is 0.392. The van der Waals surface area contributed by atoms with E-state index >= 15 is 0 Å². The average molecular weight is 2030 g/mol. The molecule has 0 atom stereocenters. The van der Waals surface area contributed by atoms with E-state index in [2.05, 4.69) is 210 Å². The van der Waals surface area contributed by atoms with Gasteiger partial charge in [-0.3, -0.25) is 21.3 Å². The molecule has 0 bridgehead atoms. The van der Waals surface area contributed by atoms with Gasteiger partial charge in [0.15, 0.2) is 28.7 Å². The summed E-state index contributed by atoms with van der Waals surface area (Å²) in [4.78, 5) is 57.5. The molecule has 7 aromatic carbocycles. The first-order valence-electron chi connectivity index (χ1n) is 38.7. The summed E-state index contributed by atoms with van der Waals surface area (Å²) in [5.41, 5.74) is 42.9. The number of aliphatic carboxylic acids is 1. The summed E-state index contributed by atoms with van der Waals surface area (Å²) < 4.78 is 12.5. The van der Waals surface area contributed by atoms with Crippen molar-refractivity contribution in [3.8, 4) is 0 Å². The Morgan fingerprint density at radius 1 is 0.443 bits per heavy atom. The number of halogens is 7. The molecule has 0 aromatic heterocycles. The zero-order valence-corrected chi connectivity index (χ0v) is 87.2. The van der Waals surface area contributed by atoms with Gasteiger partial charge in [-0.1, -0.05) is 256 Å². The summed E-state index contributed by atoms with van der Waals surface area (Å²) in [6, 6.07) is 23.5. The van der Waals surface area contributed by atoms with Gasteiger partial charge in [-0.2, -0.15) is 0 Å². The Morgan fingerprint density at radius 3 is 1.11 bits per heavy atom. The van der Waals surface area contributed by atoms with Crippen LogP contribution in [0.15, 0.2) is 118 Å². The number of carboxylic acid groups (broad SMARTS) is 1. The second kappa shape index (κ2) is 56.8. The fourth-order valence-electron chi connectivity index (χ4n) is 11.7. The molecule has 0 heterocycles. The summed E-state index contributed by atoms with van der Waals surface area (Å²) in [7, 11) is 0. The minimum atomic E-state index is -0.846. The van der Waals surface area contributed by atoms with Crippen LogP contribution in [0.4, 0.5) is 62.6 Å². The maximum atomic E-state index is 12.3. The second-order valence-electron chi connectivity index (χ2n) is 32.4. The number of carboxylic acids is 1. The van der Waals surface area contributed by atoms with Gasteiger partial charge in [0.05, 0.1) is 58.8 Å². The van der Waals surface area contributed by atoms with Crippen LogP contribution in [0.5, 0.6) is 0 Å². The third-order valence-electron chi connectivity index (χ3n) is 16.7. The van der Waals surface area contributed by atoms with Gasteiger partial charge >= 0.3 is 41.9 Å². The normalized spacial score (nSPS) is 10.2. The van der Waals surface area contributed by atoms with E-state index in [4.69, 9.17) is 114 Å². The Morgan fingerprint density at radius 2 is 0.795 bits per heavy atom. The number of anilines is 4. The molecule has 9 N–H and O–H groups in total. The van der Waals surface area contributed by atoms with Gasteiger partial charge in [0.1, 0.15) is 11.2 Å². The predicted octanol–water partition coefficient (Wildman–Crippen LogP) is 33.4. The van der Waals surface area contributed by atoms with Crippen molar-refractivity contribution in [3.63, 3.8) is 0 Å². The summed E-state index contributed by atoms with van der Waals surface area (Å²) in [6.45, 7) is 116. The minimum absolute atomic E-state index is 0.00954. The quantitative estimate of drug-likeness (QED) is 0.0228.